The Kier molecular flexibility index (Phi) is 5.68. The number of aryl methyl sites for hydroxylation is 2. The molecule has 26 heavy (non-hydrogen) atoms. The topological polar surface area (TPSA) is 101 Å². The Hall–Kier alpha value is -2.67. The van der Waals surface area contributed by atoms with E-state index in [1.807, 2.05) is 29.0 Å². The molecule has 1 aliphatic heterocycles. The number of Topliss-reactive ketones (excluding diaryl/α,β-unsaturated/α-hetero) is 1. The van der Waals surface area contributed by atoms with Crippen LogP contribution in [0.25, 0.3) is 0 Å². The SMILES string of the molecule is NCc1ccccc1CCn1ccnc1C(=O)C1CCN(C(=O)O)CC1. The molecule has 0 bridgehead atoms. The first-order valence-corrected chi connectivity index (χ1v) is 8.90. The number of carbonyl (C=O) groups is 2. The molecule has 0 aliphatic carbocycles. The molecule has 1 saturated heterocycles. The van der Waals surface area contributed by atoms with Gasteiger partial charge < -0.3 is 20.3 Å². The summed E-state index contributed by atoms with van der Waals surface area (Å²) in [6, 6.07) is 8.04. The lowest BCUT2D eigenvalue weighted by molar-refractivity contribution is 0.0807. The van der Waals surface area contributed by atoms with Crippen molar-refractivity contribution in [3.8, 4) is 0 Å². The molecule has 1 aliphatic rings. The van der Waals surface area contributed by atoms with Crippen molar-refractivity contribution in [2.75, 3.05) is 13.1 Å². The van der Waals surface area contributed by atoms with Gasteiger partial charge in [0, 0.05) is 44.5 Å². The van der Waals surface area contributed by atoms with Gasteiger partial charge in [-0.15, -0.1) is 0 Å². The van der Waals surface area contributed by atoms with Crippen molar-refractivity contribution in [3.63, 3.8) is 0 Å². The molecular weight excluding hydrogens is 332 g/mol. The van der Waals surface area contributed by atoms with Gasteiger partial charge in [-0.1, -0.05) is 24.3 Å². The number of imidazole rings is 1. The lowest BCUT2D eigenvalue weighted by Crippen LogP contribution is -2.39. The molecule has 1 amide bonds. The lowest BCUT2D eigenvalue weighted by Gasteiger charge is -2.29. The van der Waals surface area contributed by atoms with Gasteiger partial charge in [-0.2, -0.15) is 0 Å². The molecule has 2 heterocycles. The monoisotopic (exact) mass is 356 g/mol. The van der Waals surface area contributed by atoms with Gasteiger partial charge >= 0.3 is 6.09 Å². The van der Waals surface area contributed by atoms with Crippen LogP contribution < -0.4 is 5.73 Å². The third-order valence-corrected chi connectivity index (χ3v) is 5.03. The van der Waals surface area contributed by atoms with Crippen molar-refractivity contribution in [2.24, 2.45) is 11.7 Å². The second-order valence-electron chi connectivity index (χ2n) is 6.58. The Morgan fingerprint density at radius 1 is 1.19 bits per heavy atom. The highest BCUT2D eigenvalue weighted by molar-refractivity contribution is 5.94. The van der Waals surface area contributed by atoms with E-state index in [0.29, 0.717) is 44.8 Å². The predicted molar refractivity (Wildman–Crippen MR) is 96.9 cm³/mol. The summed E-state index contributed by atoms with van der Waals surface area (Å²) in [5.74, 6) is 0.305. The highest BCUT2D eigenvalue weighted by Gasteiger charge is 2.29. The standard InChI is InChI=1S/C19H24N4O3/c20-13-16-4-2-1-3-14(16)5-9-22-12-8-21-18(22)17(24)15-6-10-23(11-7-15)19(25)26/h1-4,8,12,15H,5-7,9-11,13,20H2,(H,25,26). The van der Waals surface area contributed by atoms with Crippen LogP contribution in [0, 0.1) is 5.92 Å². The third kappa shape index (κ3) is 3.94. The number of aromatic nitrogens is 2. The first-order valence-electron chi connectivity index (χ1n) is 8.90. The van der Waals surface area contributed by atoms with E-state index in [1.165, 1.54) is 10.5 Å². The summed E-state index contributed by atoms with van der Waals surface area (Å²) >= 11 is 0. The Morgan fingerprint density at radius 3 is 2.54 bits per heavy atom. The van der Waals surface area contributed by atoms with Crippen molar-refractivity contribution < 1.29 is 14.7 Å². The van der Waals surface area contributed by atoms with Crippen molar-refractivity contribution in [1.29, 1.82) is 0 Å². The van der Waals surface area contributed by atoms with E-state index in [4.69, 9.17) is 10.8 Å². The van der Waals surface area contributed by atoms with E-state index < -0.39 is 6.09 Å². The lowest BCUT2D eigenvalue weighted by atomic mass is 9.92. The van der Waals surface area contributed by atoms with Crippen LogP contribution in [0.4, 0.5) is 4.79 Å². The van der Waals surface area contributed by atoms with E-state index in [-0.39, 0.29) is 11.7 Å². The third-order valence-electron chi connectivity index (χ3n) is 5.03. The van der Waals surface area contributed by atoms with E-state index in [2.05, 4.69) is 11.1 Å². The minimum Gasteiger partial charge on any atom is -0.465 e. The Morgan fingerprint density at radius 2 is 1.88 bits per heavy atom. The summed E-state index contributed by atoms with van der Waals surface area (Å²) in [6.45, 7) is 1.95. The van der Waals surface area contributed by atoms with Gasteiger partial charge in [-0.25, -0.2) is 9.78 Å². The van der Waals surface area contributed by atoms with Crippen LogP contribution in [0.3, 0.4) is 0 Å². The highest BCUT2D eigenvalue weighted by atomic mass is 16.4. The Balaban J connectivity index is 1.65. The number of nitrogens with zero attached hydrogens (tertiary/aromatic N) is 3. The zero-order valence-corrected chi connectivity index (χ0v) is 14.7. The fraction of sp³-hybridized carbons (Fsp3) is 0.421. The fourth-order valence-corrected chi connectivity index (χ4v) is 3.47. The smallest absolute Gasteiger partial charge is 0.407 e. The van der Waals surface area contributed by atoms with Crippen LogP contribution in [-0.2, 0) is 19.5 Å². The minimum absolute atomic E-state index is 0.00662. The maximum atomic E-state index is 12.8. The van der Waals surface area contributed by atoms with E-state index in [9.17, 15) is 9.59 Å². The summed E-state index contributed by atoms with van der Waals surface area (Å²) in [5.41, 5.74) is 8.08. The number of amides is 1. The molecule has 0 radical (unpaired) electrons. The fourth-order valence-electron chi connectivity index (χ4n) is 3.47. The first kappa shape index (κ1) is 18.1. The molecule has 3 N–H and O–H groups in total. The first-order chi connectivity index (χ1) is 12.6. The number of piperidine rings is 1. The largest absolute Gasteiger partial charge is 0.465 e. The average Bonchev–Trinajstić information content (AvgIpc) is 3.14. The molecule has 2 aromatic rings. The molecule has 7 heteroatoms. The van der Waals surface area contributed by atoms with E-state index in [0.717, 1.165) is 12.0 Å². The molecule has 1 fully saturated rings. The van der Waals surface area contributed by atoms with Crippen LogP contribution in [0.1, 0.15) is 34.6 Å². The number of benzene rings is 1. The highest BCUT2D eigenvalue weighted by Crippen LogP contribution is 2.21. The van der Waals surface area contributed by atoms with E-state index >= 15 is 0 Å². The van der Waals surface area contributed by atoms with Crippen LogP contribution in [-0.4, -0.2) is 44.5 Å². The molecule has 1 aromatic carbocycles. The second-order valence-corrected chi connectivity index (χ2v) is 6.58. The zero-order valence-electron chi connectivity index (χ0n) is 14.7. The van der Waals surface area contributed by atoms with Crippen LogP contribution in [0.5, 0.6) is 0 Å². The molecule has 1 aromatic heterocycles. The molecular formula is C19H24N4O3. The van der Waals surface area contributed by atoms with Crippen molar-refractivity contribution in [3.05, 3.63) is 53.6 Å². The summed E-state index contributed by atoms with van der Waals surface area (Å²) in [6.07, 6.45) is 4.43. The molecule has 3 rings (SSSR count). The number of hydrogen-bond donors (Lipinski definition) is 2. The summed E-state index contributed by atoms with van der Waals surface area (Å²) in [5, 5.41) is 9.03. The van der Waals surface area contributed by atoms with Gasteiger partial charge in [0.1, 0.15) is 0 Å². The number of ketones is 1. The summed E-state index contributed by atoms with van der Waals surface area (Å²) < 4.78 is 1.89. The quantitative estimate of drug-likeness (QED) is 0.772. The Labute approximate surface area is 152 Å². The number of hydrogen-bond acceptors (Lipinski definition) is 4. The minimum atomic E-state index is -0.920. The molecule has 0 saturated carbocycles. The normalized spacial score (nSPS) is 15.2. The second kappa shape index (κ2) is 8.14. The van der Waals surface area contributed by atoms with Gasteiger partial charge in [0.15, 0.2) is 5.82 Å². The summed E-state index contributed by atoms with van der Waals surface area (Å²) in [7, 11) is 0. The maximum Gasteiger partial charge on any atom is 0.407 e. The molecule has 0 atom stereocenters. The maximum absolute atomic E-state index is 12.8. The van der Waals surface area contributed by atoms with Crippen LogP contribution in [0.2, 0.25) is 0 Å². The molecule has 0 unspecified atom stereocenters. The predicted octanol–water partition coefficient (Wildman–Crippen LogP) is 2.16. The molecule has 7 nitrogen and oxygen atoms in total. The zero-order chi connectivity index (χ0) is 18.5. The van der Waals surface area contributed by atoms with Crippen molar-refractivity contribution >= 4 is 11.9 Å². The van der Waals surface area contributed by atoms with Gasteiger partial charge in [-0.05, 0) is 30.4 Å². The summed E-state index contributed by atoms with van der Waals surface area (Å²) in [4.78, 5) is 29.4. The van der Waals surface area contributed by atoms with E-state index in [1.54, 1.807) is 6.20 Å². The number of likely N-dealkylation sites (tertiary alicyclic amines) is 1. The average molecular weight is 356 g/mol. The van der Waals surface area contributed by atoms with Gasteiger partial charge in [0.05, 0.1) is 0 Å². The number of nitrogens with two attached hydrogens (primary N) is 1. The van der Waals surface area contributed by atoms with Crippen LogP contribution in [0.15, 0.2) is 36.7 Å². The van der Waals surface area contributed by atoms with Crippen molar-refractivity contribution in [2.45, 2.75) is 32.4 Å². The van der Waals surface area contributed by atoms with Gasteiger partial charge in [-0.3, -0.25) is 4.79 Å². The molecule has 0 spiro atoms. The number of carbonyl (C=O) groups excluding carboxylic acids is 1. The van der Waals surface area contributed by atoms with Crippen molar-refractivity contribution in [1.82, 2.24) is 14.5 Å². The van der Waals surface area contributed by atoms with Crippen LogP contribution >= 0.6 is 0 Å². The number of rotatable bonds is 6. The van der Waals surface area contributed by atoms with Gasteiger partial charge in [0.2, 0.25) is 5.78 Å². The van der Waals surface area contributed by atoms with Gasteiger partial charge in [0.25, 0.3) is 0 Å². The Bertz CT molecular complexity index is 779. The number of carboxylic acid groups (broad SMARTS) is 1. The molecule has 138 valence electrons.